The standard InChI is InChI=1S/C25H32N4O4/c1-32-19-9-10-21(23(17-19)33-2)27-25(31)26-18-8-11-22(28-12-6-7-13-28)20(16-18)24(30)29-14-4-3-5-15-29/h8-11,16-17H,3-7,12-15H2,1-2H3,(H2,26,27,31). The third-order valence-electron chi connectivity index (χ3n) is 6.23. The Labute approximate surface area is 194 Å². The van der Waals surface area contributed by atoms with E-state index in [-0.39, 0.29) is 5.91 Å². The lowest BCUT2D eigenvalue weighted by molar-refractivity contribution is 0.0725. The number of methoxy groups -OCH3 is 2. The van der Waals surface area contributed by atoms with E-state index in [1.54, 1.807) is 31.4 Å². The monoisotopic (exact) mass is 452 g/mol. The Balaban J connectivity index is 1.54. The van der Waals surface area contributed by atoms with Gasteiger partial charge in [-0.25, -0.2) is 4.79 Å². The summed E-state index contributed by atoms with van der Waals surface area (Å²) >= 11 is 0. The number of hydrogen-bond donors (Lipinski definition) is 2. The second-order valence-corrected chi connectivity index (χ2v) is 8.42. The van der Waals surface area contributed by atoms with E-state index in [1.165, 1.54) is 13.5 Å². The first-order valence-electron chi connectivity index (χ1n) is 11.6. The van der Waals surface area contributed by atoms with Crippen molar-refractivity contribution in [2.75, 3.05) is 55.9 Å². The van der Waals surface area contributed by atoms with Crippen LogP contribution in [0.25, 0.3) is 0 Å². The summed E-state index contributed by atoms with van der Waals surface area (Å²) < 4.78 is 10.6. The van der Waals surface area contributed by atoms with Crippen LogP contribution in [0.15, 0.2) is 36.4 Å². The zero-order valence-corrected chi connectivity index (χ0v) is 19.4. The van der Waals surface area contributed by atoms with E-state index >= 15 is 0 Å². The second kappa shape index (κ2) is 10.5. The van der Waals surface area contributed by atoms with Crippen molar-refractivity contribution in [2.24, 2.45) is 0 Å². The van der Waals surface area contributed by atoms with Crippen LogP contribution in [0.3, 0.4) is 0 Å². The van der Waals surface area contributed by atoms with Crippen molar-refractivity contribution in [3.63, 3.8) is 0 Å². The number of carbonyl (C=O) groups excluding carboxylic acids is 2. The van der Waals surface area contributed by atoms with Gasteiger partial charge < -0.3 is 29.9 Å². The largest absolute Gasteiger partial charge is 0.497 e. The molecule has 2 fully saturated rings. The molecule has 2 heterocycles. The number of piperidine rings is 1. The molecule has 2 aliphatic heterocycles. The van der Waals surface area contributed by atoms with Crippen LogP contribution in [0.4, 0.5) is 21.9 Å². The number of amides is 3. The molecule has 176 valence electrons. The first kappa shape index (κ1) is 22.8. The third kappa shape index (κ3) is 5.32. The van der Waals surface area contributed by atoms with Gasteiger partial charge in [0, 0.05) is 43.6 Å². The summed E-state index contributed by atoms with van der Waals surface area (Å²) in [6.07, 6.45) is 5.50. The van der Waals surface area contributed by atoms with Crippen LogP contribution in [0.1, 0.15) is 42.5 Å². The predicted octanol–water partition coefficient (Wildman–Crippen LogP) is 4.57. The van der Waals surface area contributed by atoms with Gasteiger partial charge in [0.15, 0.2) is 0 Å². The van der Waals surface area contributed by atoms with Gasteiger partial charge >= 0.3 is 6.03 Å². The van der Waals surface area contributed by atoms with Gasteiger partial charge in [-0.2, -0.15) is 0 Å². The maximum atomic E-state index is 13.4. The zero-order chi connectivity index (χ0) is 23.2. The van der Waals surface area contributed by atoms with Gasteiger partial charge in [0.1, 0.15) is 11.5 Å². The summed E-state index contributed by atoms with van der Waals surface area (Å²) in [7, 11) is 3.11. The summed E-state index contributed by atoms with van der Waals surface area (Å²) in [6, 6.07) is 10.4. The smallest absolute Gasteiger partial charge is 0.323 e. The number of benzene rings is 2. The second-order valence-electron chi connectivity index (χ2n) is 8.42. The molecule has 33 heavy (non-hydrogen) atoms. The minimum atomic E-state index is -0.413. The van der Waals surface area contributed by atoms with E-state index in [0.29, 0.717) is 28.4 Å². The molecular weight excluding hydrogens is 420 g/mol. The number of hydrogen-bond acceptors (Lipinski definition) is 5. The lowest BCUT2D eigenvalue weighted by Gasteiger charge is -2.29. The number of urea groups is 1. The van der Waals surface area contributed by atoms with E-state index in [1.807, 2.05) is 17.0 Å². The van der Waals surface area contributed by atoms with Crippen molar-refractivity contribution in [2.45, 2.75) is 32.1 Å². The van der Waals surface area contributed by atoms with E-state index in [2.05, 4.69) is 15.5 Å². The van der Waals surface area contributed by atoms with Gasteiger partial charge in [-0.15, -0.1) is 0 Å². The summed E-state index contributed by atoms with van der Waals surface area (Å²) in [5, 5.41) is 5.67. The molecule has 8 nitrogen and oxygen atoms in total. The topological polar surface area (TPSA) is 83.1 Å². The van der Waals surface area contributed by atoms with Gasteiger partial charge in [0.25, 0.3) is 5.91 Å². The molecule has 2 saturated heterocycles. The molecular formula is C25H32N4O4. The van der Waals surface area contributed by atoms with Crippen molar-refractivity contribution >= 4 is 29.0 Å². The van der Waals surface area contributed by atoms with E-state index in [4.69, 9.17) is 9.47 Å². The van der Waals surface area contributed by atoms with Crippen molar-refractivity contribution < 1.29 is 19.1 Å². The molecule has 2 aromatic rings. The van der Waals surface area contributed by atoms with Crippen LogP contribution in [-0.2, 0) is 0 Å². The van der Waals surface area contributed by atoms with Crippen molar-refractivity contribution in [3.8, 4) is 11.5 Å². The summed E-state index contributed by atoms with van der Waals surface area (Å²) in [4.78, 5) is 30.3. The van der Waals surface area contributed by atoms with E-state index in [9.17, 15) is 9.59 Å². The molecule has 2 aliphatic rings. The lowest BCUT2D eigenvalue weighted by atomic mass is 10.1. The fourth-order valence-corrected chi connectivity index (χ4v) is 4.47. The van der Waals surface area contributed by atoms with Gasteiger partial charge in [-0.05, 0) is 62.4 Å². The molecule has 0 aliphatic carbocycles. The Morgan fingerprint density at radius 2 is 1.55 bits per heavy atom. The molecule has 0 radical (unpaired) electrons. The average Bonchev–Trinajstić information content (AvgIpc) is 3.39. The Hall–Kier alpha value is -3.42. The number of rotatable bonds is 6. The average molecular weight is 453 g/mol. The minimum Gasteiger partial charge on any atom is -0.497 e. The first-order valence-corrected chi connectivity index (χ1v) is 11.6. The Kier molecular flexibility index (Phi) is 7.22. The molecule has 8 heteroatoms. The van der Waals surface area contributed by atoms with Crippen molar-refractivity contribution in [1.82, 2.24) is 4.90 Å². The van der Waals surface area contributed by atoms with Gasteiger partial charge in [-0.1, -0.05) is 0 Å². The SMILES string of the molecule is COc1ccc(NC(=O)Nc2ccc(N3CCCC3)c(C(=O)N3CCCCC3)c2)c(OC)c1. The quantitative estimate of drug-likeness (QED) is 0.671. The van der Waals surface area contributed by atoms with Gasteiger partial charge in [0.05, 0.1) is 25.5 Å². The molecule has 0 atom stereocenters. The number of nitrogens with zero attached hydrogens (tertiary/aromatic N) is 2. The maximum absolute atomic E-state index is 13.4. The summed E-state index contributed by atoms with van der Waals surface area (Å²) in [6.45, 7) is 3.47. The molecule has 0 bridgehead atoms. The van der Waals surface area contributed by atoms with Gasteiger partial charge in [0.2, 0.25) is 0 Å². The maximum Gasteiger partial charge on any atom is 0.323 e. The Bertz CT molecular complexity index is 998. The number of likely N-dealkylation sites (tertiary alicyclic amines) is 1. The van der Waals surface area contributed by atoms with Crippen LogP contribution < -0.4 is 25.0 Å². The summed E-state index contributed by atoms with van der Waals surface area (Å²) in [5.41, 5.74) is 2.70. The van der Waals surface area contributed by atoms with Crippen LogP contribution in [0.2, 0.25) is 0 Å². The van der Waals surface area contributed by atoms with E-state index < -0.39 is 6.03 Å². The summed E-state index contributed by atoms with van der Waals surface area (Å²) in [5.74, 6) is 1.17. The number of ether oxygens (including phenoxy) is 2. The highest BCUT2D eigenvalue weighted by Crippen LogP contribution is 2.31. The van der Waals surface area contributed by atoms with E-state index in [0.717, 1.165) is 57.5 Å². The fraction of sp³-hybridized carbons (Fsp3) is 0.440. The predicted molar refractivity (Wildman–Crippen MR) is 130 cm³/mol. The molecule has 0 saturated carbocycles. The number of carbonyl (C=O) groups is 2. The highest BCUT2D eigenvalue weighted by molar-refractivity contribution is 6.04. The fourth-order valence-electron chi connectivity index (χ4n) is 4.47. The first-order chi connectivity index (χ1) is 16.1. The molecule has 0 spiro atoms. The normalized spacial score (nSPS) is 15.8. The van der Waals surface area contributed by atoms with Crippen molar-refractivity contribution in [3.05, 3.63) is 42.0 Å². The Morgan fingerprint density at radius 1 is 0.818 bits per heavy atom. The molecule has 3 amide bonds. The zero-order valence-electron chi connectivity index (χ0n) is 19.4. The lowest BCUT2D eigenvalue weighted by Crippen LogP contribution is -2.36. The van der Waals surface area contributed by atoms with Crippen LogP contribution in [0, 0.1) is 0 Å². The van der Waals surface area contributed by atoms with Gasteiger partial charge in [-0.3, -0.25) is 4.79 Å². The molecule has 2 N–H and O–H groups in total. The highest BCUT2D eigenvalue weighted by Gasteiger charge is 2.25. The van der Waals surface area contributed by atoms with Crippen LogP contribution in [-0.4, -0.2) is 57.2 Å². The molecule has 2 aromatic carbocycles. The number of anilines is 3. The molecule has 0 unspecified atom stereocenters. The highest BCUT2D eigenvalue weighted by atomic mass is 16.5. The molecule has 4 rings (SSSR count). The van der Waals surface area contributed by atoms with Crippen LogP contribution in [0.5, 0.6) is 11.5 Å². The number of nitrogens with one attached hydrogen (secondary N) is 2. The third-order valence-corrected chi connectivity index (χ3v) is 6.23. The van der Waals surface area contributed by atoms with Crippen LogP contribution >= 0.6 is 0 Å². The molecule has 0 aromatic heterocycles. The van der Waals surface area contributed by atoms with Crippen molar-refractivity contribution in [1.29, 1.82) is 0 Å². The minimum absolute atomic E-state index is 0.0393. The Morgan fingerprint density at radius 3 is 2.24 bits per heavy atom.